The summed E-state index contributed by atoms with van der Waals surface area (Å²) in [5.74, 6) is 0.155. The van der Waals surface area contributed by atoms with Gasteiger partial charge >= 0.3 is 0 Å². The smallest absolute Gasteiger partial charge is 0.219 e. The number of benzene rings is 1. The molecule has 0 bridgehead atoms. The van der Waals surface area contributed by atoms with E-state index in [1.807, 2.05) is 24.9 Å². The minimum Gasteiger partial charge on any atom is -0.382 e. The van der Waals surface area contributed by atoms with Gasteiger partial charge in [-0.25, -0.2) is 0 Å². The number of nitrogens with one attached hydrogen (secondary N) is 1. The Bertz CT molecular complexity index is 1090. The fourth-order valence-electron chi connectivity index (χ4n) is 4.11. The molecule has 6 heteroatoms. The first-order chi connectivity index (χ1) is 14.6. The van der Waals surface area contributed by atoms with E-state index >= 15 is 0 Å². The third kappa shape index (κ3) is 4.03. The molecule has 30 heavy (non-hydrogen) atoms. The van der Waals surface area contributed by atoms with E-state index in [2.05, 4.69) is 50.6 Å². The molecule has 0 radical (unpaired) electrons. The zero-order chi connectivity index (χ0) is 21.1. The molecule has 2 aliphatic rings. The summed E-state index contributed by atoms with van der Waals surface area (Å²) in [6.45, 7) is 5.26. The van der Waals surface area contributed by atoms with Crippen LogP contribution < -0.4 is 5.32 Å². The second kappa shape index (κ2) is 8.61. The van der Waals surface area contributed by atoms with Crippen LogP contribution in [-0.2, 0) is 4.79 Å². The van der Waals surface area contributed by atoms with E-state index in [1.165, 1.54) is 0 Å². The van der Waals surface area contributed by atoms with Crippen LogP contribution in [0.3, 0.4) is 0 Å². The third-order valence-corrected chi connectivity index (χ3v) is 5.78. The highest BCUT2D eigenvalue weighted by Gasteiger charge is 2.21. The molecule has 2 heterocycles. The number of nitrogens with zero attached hydrogens (tertiary/aromatic N) is 4. The summed E-state index contributed by atoms with van der Waals surface area (Å²) < 4.78 is 0. The van der Waals surface area contributed by atoms with Gasteiger partial charge in [-0.1, -0.05) is 12.2 Å². The number of hydrogen-bond acceptors (Lipinski definition) is 5. The fourth-order valence-corrected chi connectivity index (χ4v) is 4.11. The summed E-state index contributed by atoms with van der Waals surface area (Å²) in [7, 11) is 1.81. The zero-order valence-electron chi connectivity index (χ0n) is 17.7. The lowest BCUT2D eigenvalue weighted by Crippen LogP contribution is -2.41. The van der Waals surface area contributed by atoms with Crippen molar-refractivity contribution < 1.29 is 4.79 Å². The Morgan fingerprint density at radius 1 is 1.20 bits per heavy atom. The van der Waals surface area contributed by atoms with Crippen LogP contribution >= 0.6 is 0 Å². The topological polar surface area (TPSA) is 70.5 Å². The number of fused-ring (bicyclic) bond motifs is 1. The molecule has 2 aromatic rings. The van der Waals surface area contributed by atoms with Gasteiger partial charge < -0.3 is 10.2 Å². The number of carbonyl (C=O) groups is 1. The molecule has 154 valence electrons. The van der Waals surface area contributed by atoms with E-state index in [4.69, 9.17) is 0 Å². The zero-order valence-corrected chi connectivity index (χ0v) is 17.7. The predicted octanol–water partition coefficient (Wildman–Crippen LogP) is 4.02. The molecular weight excluding hydrogens is 374 g/mol. The van der Waals surface area contributed by atoms with Gasteiger partial charge in [-0.05, 0) is 55.2 Å². The quantitative estimate of drug-likeness (QED) is 0.843. The van der Waals surface area contributed by atoms with Gasteiger partial charge in [0, 0.05) is 56.7 Å². The highest BCUT2D eigenvalue weighted by molar-refractivity contribution is 6.15. The number of piperidine rings is 1. The van der Waals surface area contributed by atoms with E-state index in [9.17, 15) is 4.79 Å². The van der Waals surface area contributed by atoms with Gasteiger partial charge in [-0.3, -0.25) is 19.8 Å². The molecule has 0 unspecified atom stereocenters. The molecule has 0 spiro atoms. The van der Waals surface area contributed by atoms with E-state index in [1.54, 1.807) is 19.3 Å². The van der Waals surface area contributed by atoms with Crippen molar-refractivity contribution in [1.82, 2.24) is 14.9 Å². The Morgan fingerprint density at radius 3 is 2.67 bits per heavy atom. The minimum atomic E-state index is 0.155. The summed E-state index contributed by atoms with van der Waals surface area (Å²) in [6, 6.07) is 4.56. The molecule has 0 saturated carbocycles. The summed E-state index contributed by atoms with van der Waals surface area (Å²) in [5, 5.41) is 3.66. The van der Waals surface area contributed by atoms with Crippen molar-refractivity contribution in [3.63, 3.8) is 0 Å². The molecule has 1 saturated heterocycles. The Kier molecular flexibility index (Phi) is 5.74. The average molecular weight is 402 g/mol. The minimum absolute atomic E-state index is 0.155. The maximum Gasteiger partial charge on any atom is 0.219 e. The summed E-state index contributed by atoms with van der Waals surface area (Å²) in [6.07, 6.45) is 13.7. The lowest BCUT2D eigenvalue weighted by molar-refractivity contribution is -0.129. The van der Waals surface area contributed by atoms with Crippen molar-refractivity contribution in [1.29, 1.82) is 0 Å². The Morgan fingerprint density at radius 2 is 1.97 bits per heavy atom. The maximum atomic E-state index is 11.6. The number of amides is 1. The van der Waals surface area contributed by atoms with Gasteiger partial charge in [-0.15, -0.1) is 0 Å². The van der Waals surface area contributed by atoms with Crippen molar-refractivity contribution >= 4 is 33.9 Å². The molecule has 6 nitrogen and oxygen atoms in total. The van der Waals surface area contributed by atoms with Crippen molar-refractivity contribution in [3.05, 3.63) is 60.0 Å². The summed E-state index contributed by atoms with van der Waals surface area (Å²) in [4.78, 5) is 27.0. The monoisotopic (exact) mass is 401 g/mol. The van der Waals surface area contributed by atoms with E-state index in [0.29, 0.717) is 6.04 Å². The molecule has 1 aliphatic heterocycles. The maximum absolute atomic E-state index is 11.6. The highest BCUT2D eigenvalue weighted by atomic mass is 16.2. The second-order valence-electron chi connectivity index (χ2n) is 7.66. The van der Waals surface area contributed by atoms with Crippen LogP contribution in [0.4, 0.5) is 5.69 Å². The standard InChI is InChI=1S/C24H27N5O/c1-4-17-13-18(5-6-22(17)25-3)21-14-20(15-23-24(21)27-10-9-26-23)28-19-7-11-29(12-8-19)16(2)30/h4-6,9-10,13-15,19,28H,7-8,11-12H2,1-3H3/b17-4-,25-22?. The lowest BCUT2D eigenvalue weighted by atomic mass is 9.93. The third-order valence-electron chi connectivity index (χ3n) is 5.78. The number of hydrogen-bond donors (Lipinski definition) is 1. The van der Waals surface area contributed by atoms with E-state index < -0.39 is 0 Å². The molecule has 4 rings (SSSR count). The number of likely N-dealkylation sites (tertiary alicyclic amines) is 1. The van der Waals surface area contributed by atoms with Crippen LogP contribution in [0.25, 0.3) is 16.6 Å². The predicted molar refractivity (Wildman–Crippen MR) is 123 cm³/mol. The van der Waals surface area contributed by atoms with Crippen LogP contribution in [0.5, 0.6) is 0 Å². The van der Waals surface area contributed by atoms with Gasteiger partial charge in [0.2, 0.25) is 5.91 Å². The van der Waals surface area contributed by atoms with Gasteiger partial charge in [0.15, 0.2) is 0 Å². The van der Waals surface area contributed by atoms with Gasteiger partial charge in [0.05, 0.1) is 16.7 Å². The molecule has 1 aromatic heterocycles. The van der Waals surface area contributed by atoms with Gasteiger partial charge in [0.25, 0.3) is 0 Å². The molecule has 1 aromatic carbocycles. The Labute approximate surface area is 177 Å². The van der Waals surface area contributed by atoms with Crippen LogP contribution in [0.2, 0.25) is 0 Å². The van der Waals surface area contributed by atoms with Gasteiger partial charge in [-0.2, -0.15) is 0 Å². The number of anilines is 1. The molecule has 0 atom stereocenters. The number of aliphatic imine (C=N–C) groups is 1. The molecule has 1 fully saturated rings. The van der Waals surface area contributed by atoms with Gasteiger partial charge in [0.1, 0.15) is 0 Å². The second-order valence-corrected chi connectivity index (χ2v) is 7.66. The molecule has 1 aliphatic carbocycles. The molecular formula is C24H27N5O. The lowest BCUT2D eigenvalue weighted by Gasteiger charge is -2.32. The molecule has 1 N–H and O–H groups in total. The summed E-state index contributed by atoms with van der Waals surface area (Å²) in [5.41, 5.74) is 7.00. The van der Waals surface area contributed by atoms with Crippen molar-refractivity contribution in [3.8, 4) is 0 Å². The first kappa shape index (κ1) is 20.0. The van der Waals surface area contributed by atoms with Crippen LogP contribution in [0.15, 0.2) is 59.4 Å². The Balaban J connectivity index is 1.67. The number of allylic oxidation sites excluding steroid dienone is 6. The van der Waals surface area contributed by atoms with E-state index in [-0.39, 0.29) is 5.91 Å². The fraction of sp³-hybridized carbons (Fsp3) is 0.333. The normalized spacial score (nSPS) is 20.1. The average Bonchev–Trinajstić information content (AvgIpc) is 2.78. The largest absolute Gasteiger partial charge is 0.382 e. The van der Waals surface area contributed by atoms with Crippen LogP contribution in [0, 0.1) is 0 Å². The first-order valence-corrected chi connectivity index (χ1v) is 10.4. The Hall–Kier alpha value is -3.28. The number of aromatic nitrogens is 2. The van der Waals surface area contributed by atoms with Crippen LogP contribution in [-0.4, -0.2) is 52.7 Å². The van der Waals surface area contributed by atoms with Crippen molar-refractivity contribution in [2.45, 2.75) is 32.7 Å². The first-order valence-electron chi connectivity index (χ1n) is 10.4. The van der Waals surface area contributed by atoms with Crippen molar-refractivity contribution in [2.75, 3.05) is 25.5 Å². The van der Waals surface area contributed by atoms with E-state index in [0.717, 1.165) is 65.1 Å². The number of carbonyl (C=O) groups excluding carboxylic acids is 1. The molecule has 1 amide bonds. The SMILES string of the molecule is C/C=C1/C=C(c2cc(NC3CCN(C(C)=O)CC3)cc3nccnc23)C=CC1=NC. The number of rotatable bonds is 3. The highest BCUT2D eigenvalue weighted by Crippen LogP contribution is 2.31. The summed E-state index contributed by atoms with van der Waals surface area (Å²) >= 11 is 0. The van der Waals surface area contributed by atoms with Crippen LogP contribution in [0.1, 0.15) is 32.3 Å². The van der Waals surface area contributed by atoms with Crippen molar-refractivity contribution in [2.24, 2.45) is 4.99 Å².